The number of nitrogens with one attached hydrogen (secondary N) is 1. The number of hydrogen-bond acceptors (Lipinski definition) is 3. The lowest BCUT2D eigenvalue weighted by Gasteiger charge is -2.16. The van der Waals surface area contributed by atoms with Gasteiger partial charge in [-0.3, -0.25) is 16.3 Å². The summed E-state index contributed by atoms with van der Waals surface area (Å²) >= 11 is 3.50. The number of halogens is 1. The molecule has 106 valence electrons. The number of aromatic nitrogens is 1. The van der Waals surface area contributed by atoms with Gasteiger partial charge in [-0.05, 0) is 46.7 Å². The van der Waals surface area contributed by atoms with Gasteiger partial charge >= 0.3 is 0 Å². The lowest BCUT2D eigenvalue weighted by atomic mass is 9.99. The maximum atomic E-state index is 5.74. The molecule has 1 atom stereocenters. The molecule has 4 heteroatoms. The topological polar surface area (TPSA) is 50.9 Å². The molecule has 0 fully saturated rings. The summed E-state index contributed by atoms with van der Waals surface area (Å²) in [5, 5.41) is 2.42. The van der Waals surface area contributed by atoms with Crippen molar-refractivity contribution in [1.29, 1.82) is 0 Å². The van der Waals surface area contributed by atoms with Gasteiger partial charge in [-0.15, -0.1) is 0 Å². The highest BCUT2D eigenvalue weighted by Gasteiger charge is 2.11. The van der Waals surface area contributed by atoms with Crippen LogP contribution in [0.5, 0.6) is 0 Å². The second-order valence-corrected chi connectivity index (χ2v) is 5.91. The minimum Gasteiger partial charge on any atom is -0.271 e. The molecule has 3 nitrogen and oxygen atoms in total. The lowest BCUT2D eigenvalue weighted by Crippen LogP contribution is -2.29. The number of nitrogens with two attached hydrogens (primary N) is 1. The first-order chi connectivity index (χ1) is 10.3. The smallest absolute Gasteiger partial charge is 0.0515 e. The van der Waals surface area contributed by atoms with Crippen molar-refractivity contribution >= 4 is 26.7 Å². The molecule has 0 aliphatic rings. The molecular formula is C17H16BrN3. The quantitative estimate of drug-likeness (QED) is 0.561. The zero-order valence-corrected chi connectivity index (χ0v) is 13.0. The third-order valence-electron chi connectivity index (χ3n) is 3.57. The van der Waals surface area contributed by atoms with E-state index < -0.39 is 0 Å². The predicted molar refractivity (Wildman–Crippen MR) is 89.7 cm³/mol. The Hall–Kier alpha value is -1.75. The number of fused-ring (bicyclic) bond motifs is 1. The lowest BCUT2D eigenvalue weighted by molar-refractivity contribution is 0.546. The van der Waals surface area contributed by atoms with Crippen LogP contribution in [0.2, 0.25) is 0 Å². The van der Waals surface area contributed by atoms with Crippen LogP contribution in [0.4, 0.5) is 0 Å². The molecule has 3 rings (SSSR count). The zero-order valence-electron chi connectivity index (χ0n) is 11.5. The van der Waals surface area contributed by atoms with Crippen molar-refractivity contribution < 1.29 is 0 Å². The van der Waals surface area contributed by atoms with Crippen molar-refractivity contribution in [2.24, 2.45) is 5.84 Å². The Morgan fingerprint density at radius 2 is 1.86 bits per heavy atom. The van der Waals surface area contributed by atoms with E-state index in [1.165, 1.54) is 10.8 Å². The normalized spacial score (nSPS) is 12.5. The van der Waals surface area contributed by atoms with Gasteiger partial charge in [-0.25, -0.2) is 0 Å². The standard InChI is InChI=1S/C17H16BrN3/c18-15-7-6-12-9-14(5-4-13(12)10-15)17(21-19)11-16-3-1-2-8-20-16/h1-10,17,21H,11,19H2. The number of pyridine rings is 1. The molecule has 1 heterocycles. The molecule has 1 aromatic heterocycles. The Morgan fingerprint density at radius 1 is 1.05 bits per heavy atom. The van der Waals surface area contributed by atoms with Gasteiger partial charge in [0, 0.05) is 22.8 Å². The van der Waals surface area contributed by atoms with Crippen molar-refractivity contribution in [1.82, 2.24) is 10.4 Å². The minimum atomic E-state index is 0.0490. The number of hydrazine groups is 1. The van der Waals surface area contributed by atoms with E-state index in [1.54, 1.807) is 6.20 Å². The molecule has 3 aromatic rings. The second kappa shape index (κ2) is 6.35. The maximum Gasteiger partial charge on any atom is 0.0515 e. The fourth-order valence-corrected chi connectivity index (χ4v) is 2.83. The van der Waals surface area contributed by atoms with Crippen LogP contribution in [0.3, 0.4) is 0 Å². The number of nitrogens with zero attached hydrogens (tertiary/aromatic N) is 1. The van der Waals surface area contributed by atoms with E-state index >= 15 is 0 Å². The Labute approximate surface area is 132 Å². The first-order valence-corrected chi connectivity index (χ1v) is 7.61. The van der Waals surface area contributed by atoms with Gasteiger partial charge < -0.3 is 0 Å². The van der Waals surface area contributed by atoms with Gasteiger partial charge in [0.05, 0.1) is 6.04 Å². The SMILES string of the molecule is NNC(Cc1ccccn1)c1ccc2cc(Br)ccc2c1. The molecule has 1 unspecified atom stereocenters. The van der Waals surface area contributed by atoms with Gasteiger partial charge in [0.15, 0.2) is 0 Å². The van der Waals surface area contributed by atoms with Crippen LogP contribution < -0.4 is 11.3 Å². The zero-order chi connectivity index (χ0) is 14.7. The van der Waals surface area contributed by atoms with Gasteiger partial charge in [0.1, 0.15) is 0 Å². The molecule has 0 aliphatic heterocycles. The molecular weight excluding hydrogens is 326 g/mol. The van der Waals surface area contributed by atoms with E-state index in [-0.39, 0.29) is 6.04 Å². The maximum absolute atomic E-state index is 5.74. The molecule has 0 aliphatic carbocycles. The molecule has 0 amide bonds. The van der Waals surface area contributed by atoms with E-state index in [0.717, 1.165) is 22.2 Å². The first-order valence-electron chi connectivity index (χ1n) is 6.81. The Kier molecular flexibility index (Phi) is 4.29. The van der Waals surface area contributed by atoms with Crippen molar-refractivity contribution in [2.45, 2.75) is 12.5 Å². The van der Waals surface area contributed by atoms with Gasteiger partial charge in [0.25, 0.3) is 0 Å². The molecule has 0 spiro atoms. The Morgan fingerprint density at radius 3 is 2.62 bits per heavy atom. The van der Waals surface area contributed by atoms with Crippen molar-refractivity contribution in [3.05, 3.63) is 76.5 Å². The summed E-state index contributed by atoms with van der Waals surface area (Å²) in [4.78, 5) is 4.36. The van der Waals surface area contributed by atoms with Gasteiger partial charge in [-0.2, -0.15) is 0 Å². The monoisotopic (exact) mass is 341 g/mol. The first kappa shape index (κ1) is 14.2. The van der Waals surface area contributed by atoms with E-state index in [4.69, 9.17) is 5.84 Å². The van der Waals surface area contributed by atoms with E-state index in [2.05, 4.69) is 62.7 Å². The minimum absolute atomic E-state index is 0.0490. The Bertz CT molecular complexity index is 743. The van der Waals surface area contributed by atoms with Crippen LogP contribution >= 0.6 is 15.9 Å². The summed E-state index contributed by atoms with van der Waals surface area (Å²) in [5.41, 5.74) is 5.08. The number of benzene rings is 2. The van der Waals surface area contributed by atoms with Crippen LogP contribution in [-0.4, -0.2) is 4.98 Å². The van der Waals surface area contributed by atoms with E-state index in [1.807, 2.05) is 18.2 Å². The van der Waals surface area contributed by atoms with Crippen LogP contribution in [0.15, 0.2) is 65.3 Å². The van der Waals surface area contributed by atoms with Crippen LogP contribution in [0.25, 0.3) is 10.8 Å². The average molecular weight is 342 g/mol. The van der Waals surface area contributed by atoms with Crippen molar-refractivity contribution in [2.75, 3.05) is 0 Å². The number of hydrogen-bond donors (Lipinski definition) is 2. The summed E-state index contributed by atoms with van der Waals surface area (Å²) in [7, 11) is 0. The summed E-state index contributed by atoms with van der Waals surface area (Å²) < 4.78 is 1.09. The van der Waals surface area contributed by atoms with E-state index in [9.17, 15) is 0 Å². The number of rotatable bonds is 4. The second-order valence-electron chi connectivity index (χ2n) is 5.00. The van der Waals surface area contributed by atoms with Crippen molar-refractivity contribution in [3.8, 4) is 0 Å². The van der Waals surface area contributed by atoms with Gasteiger partial charge in [0.2, 0.25) is 0 Å². The van der Waals surface area contributed by atoms with Crippen molar-refractivity contribution in [3.63, 3.8) is 0 Å². The highest BCUT2D eigenvalue weighted by Crippen LogP contribution is 2.24. The molecule has 0 saturated heterocycles. The molecule has 2 aromatic carbocycles. The van der Waals surface area contributed by atoms with E-state index in [0.29, 0.717) is 0 Å². The summed E-state index contributed by atoms with van der Waals surface area (Å²) in [6, 6.07) is 18.7. The molecule has 3 N–H and O–H groups in total. The molecule has 21 heavy (non-hydrogen) atoms. The van der Waals surface area contributed by atoms with Crippen LogP contribution in [-0.2, 0) is 6.42 Å². The third-order valence-corrected chi connectivity index (χ3v) is 4.06. The Balaban J connectivity index is 1.91. The third kappa shape index (κ3) is 3.29. The van der Waals surface area contributed by atoms with Crippen LogP contribution in [0.1, 0.15) is 17.3 Å². The summed E-state index contributed by atoms with van der Waals surface area (Å²) in [5.74, 6) is 5.74. The highest BCUT2D eigenvalue weighted by molar-refractivity contribution is 9.10. The fraction of sp³-hybridized carbons (Fsp3) is 0.118. The molecule has 0 radical (unpaired) electrons. The predicted octanol–water partition coefficient (Wildman–Crippen LogP) is 3.74. The molecule has 0 bridgehead atoms. The van der Waals surface area contributed by atoms with Crippen LogP contribution in [0, 0.1) is 0 Å². The summed E-state index contributed by atoms with van der Waals surface area (Å²) in [6.07, 6.45) is 2.57. The van der Waals surface area contributed by atoms with Gasteiger partial charge in [-0.1, -0.05) is 40.2 Å². The largest absolute Gasteiger partial charge is 0.271 e. The highest BCUT2D eigenvalue weighted by atomic mass is 79.9. The summed E-state index contributed by atoms with van der Waals surface area (Å²) in [6.45, 7) is 0. The molecule has 0 saturated carbocycles. The average Bonchev–Trinajstić information content (AvgIpc) is 2.53. The fourth-order valence-electron chi connectivity index (χ4n) is 2.45.